The molecule has 1 aromatic rings. The van der Waals surface area contributed by atoms with E-state index >= 15 is 0 Å². The van der Waals surface area contributed by atoms with Crippen LogP contribution in [0.2, 0.25) is 0 Å². The average Bonchev–Trinajstić information content (AvgIpc) is 2.93. The molecule has 0 unspecified atom stereocenters. The molecular weight excluding hydrogens is 308 g/mol. The fraction of sp³-hybridized carbons (Fsp3) is 0.429. The molecule has 1 aliphatic rings. The topological polar surface area (TPSA) is 49.4 Å². The average molecular weight is 325 g/mol. The highest BCUT2D eigenvalue weighted by molar-refractivity contribution is 9.10. The van der Waals surface area contributed by atoms with Gasteiger partial charge in [-0.1, -0.05) is 15.9 Å². The van der Waals surface area contributed by atoms with Crippen molar-refractivity contribution in [3.63, 3.8) is 0 Å². The van der Waals surface area contributed by atoms with Crippen molar-refractivity contribution in [2.45, 2.75) is 19.3 Å². The van der Waals surface area contributed by atoms with Crippen LogP contribution in [0.3, 0.4) is 0 Å². The van der Waals surface area contributed by atoms with Crippen LogP contribution in [-0.2, 0) is 4.79 Å². The summed E-state index contributed by atoms with van der Waals surface area (Å²) in [6.45, 7) is 2.11. The molecule has 0 aliphatic carbocycles. The van der Waals surface area contributed by atoms with Gasteiger partial charge >= 0.3 is 0 Å². The number of hydrogen-bond acceptors (Lipinski definition) is 2. The van der Waals surface area contributed by atoms with Gasteiger partial charge in [-0.25, -0.2) is 0 Å². The number of likely N-dealkylation sites (tertiary alicyclic amines) is 1. The number of halogens is 1. The molecule has 2 amide bonds. The minimum absolute atomic E-state index is 0.133. The lowest BCUT2D eigenvalue weighted by atomic mass is 10.2. The number of carbonyl (C=O) groups is 2. The minimum Gasteiger partial charge on any atom is -0.352 e. The van der Waals surface area contributed by atoms with Gasteiger partial charge in [-0.3, -0.25) is 9.59 Å². The third-order valence-corrected chi connectivity index (χ3v) is 3.72. The summed E-state index contributed by atoms with van der Waals surface area (Å²) in [5, 5.41) is 2.77. The zero-order valence-corrected chi connectivity index (χ0v) is 12.3. The number of nitrogens with zero attached hydrogens (tertiary/aromatic N) is 1. The lowest BCUT2D eigenvalue weighted by molar-refractivity contribution is -0.129. The summed E-state index contributed by atoms with van der Waals surface area (Å²) in [7, 11) is 0. The van der Waals surface area contributed by atoms with Crippen molar-refractivity contribution in [1.82, 2.24) is 10.2 Å². The lowest BCUT2D eigenvalue weighted by Crippen LogP contribution is -2.32. The van der Waals surface area contributed by atoms with Crippen molar-refractivity contribution in [3.05, 3.63) is 34.3 Å². The molecule has 1 aliphatic heterocycles. The highest BCUT2D eigenvalue weighted by atomic mass is 79.9. The molecule has 1 fully saturated rings. The van der Waals surface area contributed by atoms with E-state index in [-0.39, 0.29) is 11.8 Å². The van der Waals surface area contributed by atoms with Crippen LogP contribution >= 0.6 is 15.9 Å². The maximum absolute atomic E-state index is 11.8. The molecule has 102 valence electrons. The Morgan fingerprint density at radius 2 is 1.79 bits per heavy atom. The SMILES string of the molecule is O=C(NCCC(=O)N1CCCC1)c1ccc(Br)cc1. The van der Waals surface area contributed by atoms with Crippen molar-refractivity contribution < 1.29 is 9.59 Å². The Labute approximate surface area is 121 Å². The second-order valence-electron chi connectivity index (χ2n) is 4.60. The standard InChI is InChI=1S/C14H17BrN2O2/c15-12-5-3-11(4-6-12)14(19)16-8-7-13(18)17-9-1-2-10-17/h3-6H,1-2,7-10H2,(H,16,19). The van der Waals surface area contributed by atoms with Gasteiger partial charge in [0.05, 0.1) is 0 Å². The number of benzene rings is 1. The van der Waals surface area contributed by atoms with Crippen molar-refractivity contribution in [2.75, 3.05) is 19.6 Å². The van der Waals surface area contributed by atoms with Gasteiger partial charge in [-0.2, -0.15) is 0 Å². The number of amides is 2. The quantitative estimate of drug-likeness (QED) is 0.923. The summed E-state index contributed by atoms with van der Waals surface area (Å²) >= 11 is 3.32. The lowest BCUT2D eigenvalue weighted by Gasteiger charge is -2.15. The molecule has 0 bridgehead atoms. The molecule has 1 saturated heterocycles. The van der Waals surface area contributed by atoms with E-state index in [1.54, 1.807) is 12.1 Å². The van der Waals surface area contributed by atoms with Gasteiger partial charge in [0.25, 0.3) is 5.91 Å². The maximum Gasteiger partial charge on any atom is 0.251 e. The molecule has 19 heavy (non-hydrogen) atoms. The third kappa shape index (κ3) is 4.06. The van der Waals surface area contributed by atoms with Crippen LogP contribution < -0.4 is 5.32 Å². The van der Waals surface area contributed by atoms with Crippen LogP contribution in [0.1, 0.15) is 29.6 Å². The van der Waals surface area contributed by atoms with Crippen LogP contribution in [0.4, 0.5) is 0 Å². The van der Waals surface area contributed by atoms with E-state index in [2.05, 4.69) is 21.2 Å². The van der Waals surface area contributed by atoms with Crippen molar-refractivity contribution in [3.8, 4) is 0 Å². The predicted octanol–water partition coefficient (Wildman–Crippen LogP) is 2.19. The minimum atomic E-state index is -0.137. The largest absolute Gasteiger partial charge is 0.352 e. The number of carbonyl (C=O) groups excluding carboxylic acids is 2. The van der Waals surface area contributed by atoms with Gasteiger partial charge in [0.15, 0.2) is 0 Å². The van der Waals surface area contributed by atoms with Crippen LogP contribution in [0.5, 0.6) is 0 Å². The van der Waals surface area contributed by atoms with Crippen LogP contribution in [0.15, 0.2) is 28.7 Å². The molecule has 1 heterocycles. The highest BCUT2D eigenvalue weighted by Gasteiger charge is 2.17. The monoisotopic (exact) mass is 324 g/mol. The van der Waals surface area contributed by atoms with E-state index in [4.69, 9.17) is 0 Å². The molecule has 0 aromatic heterocycles. The van der Waals surface area contributed by atoms with Gasteiger partial charge < -0.3 is 10.2 Å². The molecule has 1 aromatic carbocycles. The number of hydrogen-bond donors (Lipinski definition) is 1. The summed E-state index contributed by atoms with van der Waals surface area (Å²) in [5.74, 6) is -0.00433. The van der Waals surface area contributed by atoms with E-state index in [9.17, 15) is 9.59 Å². The molecule has 0 saturated carbocycles. The first-order valence-electron chi connectivity index (χ1n) is 6.48. The Balaban J connectivity index is 1.74. The van der Waals surface area contributed by atoms with Gasteiger partial charge in [-0.15, -0.1) is 0 Å². The number of nitrogens with one attached hydrogen (secondary N) is 1. The zero-order chi connectivity index (χ0) is 13.7. The predicted molar refractivity (Wildman–Crippen MR) is 76.9 cm³/mol. The Morgan fingerprint density at radius 1 is 1.16 bits per heavy atom. The summed E-state index contributed by atoms with van der Waals surface area (Å²) < 4.78 is 0.938. The summed E-state index contributed by atoms with van der Waals surface area (Å²) in [4.78, 5) is 25.5. The summed E-state index contributed by atoms with van der Waals surface area (Å²) in [6.07, 6.45) is 2.57. The fourth-order valence-corrected chi connectivity index (χ4v) is 2.38. The second kappa shape index (κ2) is 6.70. The normalized spacial score (nSPS) is 14.5. The van der Waals surface area contributed by atoms with E-state index in [1.165, 1.54) is 0 Å². The van der Waals surface area contributed by atoms with Crippen molar-refractivity contribution >= 4 is 27.7 Å². The Kier molecular flexibility index (Phi) is 4.96. The molecule has 2 rings (SSSR count). The van der Waals surface area contributed by atoms with Gasteiger partial charge in [0.1, 0.15) is 0 Å². The van der Waals surface area contributed by atoms with E-state index < -0.39 is 0 Å². The molecule has 0 spiro atoms. The van der Waals surface area contributed by atoms with Crippen LogP contribution in [0.25, 0.3) is 0 Å². The zero-order valence-electron chi connectivity index (χ0n) is 10.7. The maximum atomic E-state index is 11.8. The fourth-order valence-electron chi connectivity index (χ4n) is 2.11. The molecule has 0 atom stereocenters. The van der Waals surface area contributed by atoms with Crippen molar-refractivity contribution in [1.29, 1.82) is 0 Å². The van der Waals surface area contributed by atoms with Crippen LogP contribution in [-0.4, -0.2) is 36.3 Å². The molecule has 5 heteroatoms. The summed E-state index contributed by atoms with van der Waals surface area (Å²) in [5.41, 5.74) is 0.608. The van der Waals surface area contributed by atoms with Gasteiger partial charge in [-0.05, 0) is 37.1 Å². The first kappa shape index (κ1) is 14.1. The molecular formula is C14H17BrN2O2. The Bertz CT molecular complexity index is 453. The molecule has 1 N–H and O–H groups in total. The van der Waals surface area contributed by atoms with E-state index in [0.29, 0.717) is 18.5 Å². The Hall–Kier alpha value is -1.36. The smallest absolute Gasteiger partial charge is 0.251 e. The van der Waals surface area contributed by atoms with E-state index in [0.717, 1.165) is 30.4 Å². The molecule has 0 radical (unpaired) electrons. The van der Waals surface area contributed by atoms with E-state index in [1.807, 2.05) is 17.0 Å². The third-order valence-electron chi connectivity index (χ3n) is 3.19. The van der Waals surface area contributed by atoms with Crippen LogP contribution in [0, 0.1) is 0 Å². The first-order chi connectivity index (χ1) is 9.16. The number of rotatable bonds is 4. The first-order valence-corrected chi connectivity index (χ1v) is 7.27. The van der Waals surface area contributed by atoms with Crippen molar-refractivity contribution in [2.24, 2.45) is 0 Å². The van der Waals surface area contributed by atoms with Gasteiger partial charge in [0, 0.05) is 36.1 Å². The molecule has 4 nitrogen and oxygen atoms in total. The van der Waals surface area contributed by atoms with Gasteiger partial charge in [0.2, 0.25) is 5.91 Å². The Morgan fingerprint density at radius 3 is 2.42 bits per heavy atom. The second-order valence-corrected chi connectivity index (χ2v) is 5.52. The summed E-state index contributed by atoms with van der Waals surface area (Å²) in [6, 6.07) is 7.15. The highest BCUT2D eigenvalue weighted by Crippen LogP contribution is 2.11.